The van der Waals surface area contributed by atoms with Gasteiger partial charge in [0.1, 0.15) is 0 Å². The van der Waals surface area contributed by atoms with E-state index in [0.717, 1.165) is 6.54 Å². The molecule has 0 amide bonds. The van der Waals surface area contributed by atoms with Gasteiger partial charge in [0.15, 0.2) is 0 Å². The van der Waals surface area contributed by atoms with E-state index in [2.05, 4.69) is 49.8 Å². The normalized spacial score (nSPS) is 18.8. The minimum absolute atomic E-state index is 1.14. The molecule has 0 spiro atoms. The van der Waals surface area contributed by atoms with Crippen LogP contribution >= 0.6 is 0 Å². The monoisotopic (exact) mass is 316 g/mol. The van der Waals surface area contributed by atoms with Gasteiger partial charge in [-0.3, -0.25) is 0 Å². The second-order valence-electron chi connectivity index (χ2n) is 7.11. The first-order valence-electron chi connectivity index (χ1n) is 8.92. The summed E-state index contributed by atoms with van der Waals surface area (Å²) in [5.74, 6) is 0. The zero-order chi connectivity index (χ0) is 17.4. The van der Waals surface area contributed by atoms with Crippen LogP contribution in [0.4, 0.5) is 0 Å². The van der Waals surface area contributed by atoms with E-state index in [0.29, 0.717) is 0 Å². The lowest BCUT2D eigenvalue weighted by Gasteiger charge is -2.20. The molecule has 22 heavy (non-hydrogen) atoms. The molecule has 0 aromatic carbocycles. The molecule has 0 aromatic heterocycles. The van der Waals surface area contributed by atoms with Crippen LogP contribution in [-0.2, 0) is 0 Å². The van der Waals surface area contributed by atoms with E-state index < -0.39 is 0 Å². The van der Waals surface area contributed by atoms with Crippen LogP contribution in [0.25, 0.3) is 0 Å². The fourth-order valence-corrected chi connectivity index (χ4v) is 1.93. The summed E-state index contributed by atoms with van der Waals surface area (Å²) in [4.78, 5) is 8.88. The summed E-state index contributed by atoms with van der Waals surface area (Å²) in [7, 11) is 14.5. The standard InChI is InChI=1S/C6H13N.C5H11N.C4H11N.C3H9N/c1-7-5-3-2-4-6-7;1-6-4-2-3-5-6;1-4-5(2)3;1-4(2)3/h2-6H2,1H3;2-5H2,1H3;4H2,1-3H3;1-3H3. The lowest BCUT2D eigenvalue weighted by molar-refractivity contribution is 0.277. The average molecular weight is 317 g/mol. The first kappa shape index (κ1) is 24.1. The molecule has 0 bridgehead atoms. The van der Waals surface area contributed by atoms with Crippen LogP contribution < -0.4 is 0 Å². The van der Waals surface area contributed by atoms with Crippen LogP contribution in [0.5, 0.6) is 0 Å². The highest BCUT2D eigenvalue weighted by Gasteiger charge is 2.03. The quantitative estimate of drug-likeness (QED) is 0.737. The summed E-state index contributed by atoms with van der Waals surface area (Å²) < 4.78 is 0. The van der Waals surface area contributed by atoms with Crippen LogP contribution in [0, 0.1) is 0 Å². The molecule has 0 atom stereocenters. The lowest BCUT2D eigenvalue weighted by atomic mass is 10.1. The topological polar surface area (TPSA) is 13.0 Å². The number of nitrogens with zero attached hydrogens (tertiary/aromatic N) is 4. The summed E-state index contributed by atoms with van der Waals surface area (Å²) in [5.41, 5.74) is 0. The third-order valence-electron chi connectivity index (χ3n) is 3.54. The van der Waals surface area contributed by atoms with Crippen molar-refractivity contribution in [1.29, 1.82) is 0 Å². The van der Waals surface area contributed by atoms with Crippen molar-refractivity contribution in [2.24, 2.45) is 0 Å². The van der Waals surface area contributed by atoms with Gasteiger partial charge < -0.3 is 19.6 Å². The molecule has 0 unspecified atom stereocenters. The number of hydrogen-bond acceptors (Lipinski definition) is 4. The second kappa shape index (κ2) is 17.2. The van der Waals surface area contributed by atoms with Crippen molar-refractivity contribution in [3.05, 3.63) is 0 Å². The van der Waals surface area contributed by atoms with Crippen LogP contribution in [0.3, 0.4) is 0 Å². The van der Waals surface area contributed by atoms with E-state index in [1.54, 1.807) is 0 Å². The molecule has 0 N–H and O–H groups in total. The Labute approximate surface area is 141 Å². The Morgan fingerprint density at radius 3 is 0.955 bits per heavy atom. The Kier molecular flexibility index (Phi) is 18.8. The van der Waals surface area contributed by atoms with Crippen molar-refractivity contribution in [1.82, 2.24) is 19.6 Å². The molecule has 2 aliphatic heterocycles. The number of hydrogen-bond donors (Lipinski definition) is 0. The van der Waals surface area contributed by atoms with Crippen molar-refractivity contribution >= 4 is 0 Å². The maximum atomic E-state index is 2.39. The van der Waals surface area contributed by atoms with E-state index in [4.69, 9.17) is 0 Å². The van der Waals surface area contributed by atoms with E-state index >= 15 is 0 Å². The average Bonchev–Trinajstić information content (AvgIpc) is 2.91. The zero-order valence-corrected chi connectivity index (χ0v) is 16.9. The molecule has 0 radical (unpaired) electrons. The van der Waals surface area contributed by atoms with Crippen molar-refractivity contribution in [3.63, 3.8) is 0 Å². The van der Waals surface area contributed by atoms with Crippen molar-refractivity contribution < 1.29 is 0 Å². The van der Waals surface area contributed by atoms with Crippen molar-refractivity contribution in [2.75, 3.05) is 82.1 Å². The zero-order valence-electron chi connectivity index (χ0n) is 16.9. The third kappa shape index (κ3) is 24.8. The largest absolute Gasteiger partial charge is 0.312 e. The van der Waals surface area contributed by atoms with Crippen molar-refractivity contribution in [3.8, 4) is 0 Å². The van der Waals surface area contributed by atoms with Crippen LogP contribution in [0.15, 0.2) is 0 Å². The Balaban J connectivity index is 0. The molecule has 2 fully saturated rings. The van der Waals surface area contributed by atoms with Crippen LogP contribution in [0.2, 0.25) is 0 Å². The van der Waals surface area contributed by atoms with E-state index in [9.17, 15) is 0 Å². The fraction of sp³-hybridized carbons (Fsp3) is 1.00. The van der Waals surface area contributed by atoms with Gasteiger partial charge in [0, 0.05) is 0 Å². The second-order valence-corrected chi connectivity index (χ2v) is 7.11. The Morgan fingerprint density at radius 1 is 0.636 bits per heavy atom. The molecule has 2 aliphatic rings. The van der Waals surface area contributed by atoms with Crippen LogP contribution in [0.1, 0.15) is 39.0 Å². The Bertz CT molecular complexity index is 193. The van der Waals surface area contributed by atoms with Crippen molar-refractivity contribution in [2.45, 2.75) is 39.0 Å². The maximum absolute atomic E-state index is 2.39. The molecule has 4 nitrogen and oxygen atoms in total. The minimum Gasteiger partial charge on any atom is -0.312 e. The van der Waals surface area contributed by atoms with Gasteiger partial charge in [-0.25, -0.2) is 0 Å². The third-order valence-corrected chi connectivity index (χ3v) is 3.54. The highest BCUT2D eigenvalue weighted by Crippen LogP contribution is 2.04. The molecule has 0 aromatic rings. The number of piperidine rings is 1. The van der Waals surface area contributed by atoms with E-state index in [1.165, 1.54) is 58.3 Å². The summed E-state index contributed by atoms with van der Waals surface area (Å²) in [6.07, 6.45) is 7.10. The Morgan fingerprint density at radius 2 is 0.864 bits per heavy atom. The number of likely N-dealkylation sites (tertiary alicyclic amines) is 2. The lowest BCUT2D eigenvalue weighted by Crippen LogP contribution is -2.24. The van der Waals surface area contributed by atoms with E-state index in [-0.39, 0.29) is 0 Å². The van der Waals surface area contributed by atoms with Gasteiger partial charge in [-0.05, 0) is 108 Å². The summed E-state index contributed by atoms with van der Waals surface area (Å²) in [6, 6.07) is 0. The molecule has 136 valence electrons. The predicted octanol–water partition coefficient (Wildman–Crippen LogP) is 2.56. The number of rotatable bonds is 1. The van der Waals surface area contributed by atoms with Gasteiger partial charge in [0.05, 0.1) is 0 Å². The van der Waals surface area contributed by atoms with Gasteiger partial charge in [0.25, 0.3) is 0 Å². The molecular formula is C18H44N4. The van der Waals surface area contributed by atoms with Gasteiger partial charge in [-0.15, -0.1) is 0 Å². The molecule has 2 saturated heterocycles. The molecule has 0 saturated carbocycles. The van der Waals surface area contributed by atoms with Gasteiger partial charge in [-0.1, -0.05) is 13.3 Å². The maximum Gasteiger partial charge on any atom is -0.00213 e. The van der Waals surface area contributed by atoms with Gasteiger partial charge in [-0.2, -0.15) is 0 Å². The molecule has 4 heteroatoms. The molecule has 2 heterocycles. The highest BCUT2D eigenvalue weighted by atomic mass is 15.1. The molecular weight excluding hydrogens is 272 g/mol. The summed E-state index contributed by atoms with van der Waals surface area (Å²) >= 11 is 0. The SMILES string of the molecule is CCN(C)C.CN(C)C.CN1CCCC1.CN1CCCCC1. The first-order chi connectivity index (χ1) is 10.3. The fourth-order valence-electron chi connectivity index (χ4n) is 1.93. The molecule has 0 aliphatic carbocycles. The van der Waals surface area contributed by atoms with Gasteiger partial charge >= 0.3 is 0 Å². The molecule has 2 rings (SSSR count). The van der Waals surface area contributed by atoms with Gasteiger partial charge in [0.2, 0.25) is 0 Å². The van der Waals surface area contributed by atoms with Crippen LogP contribution in [-0.4, -0.2) is 102 Å². The highest BCUT2D eigenvalue weighted by molar-refractivity contribution is 4.59. The Hall–Kier alpha value is -0.160. The minimum atomic E-state index is 1.14. The first-order valence-corrected chi connectivity index (χ1v) is 8.92. The van der Waals surface area contributed by atoms with E-state index in [1.807, 2.05) is 26.0 Å². The summed E-state index contributed by atoms with van der Waals surface area (Å²) in [5, 5.41) is 0. The predicted molar refractivity (Wildman–Crippen MR) is 102 cm³/mol. The summed E-state index contributed by atoms with van der Waals surface area (Å²) in [6.45, 7) is 8.54. The smallest absolute Gasteiger partial charge is 0.00213 e.